The second-order valence-electron chi connectivity index (χ2n) is 5.94. The minimum Gasteiger partial charge on any atom is -0.484 e. The first kappa shape index (κ1) is 20.1. The van der Waals surface area contributed by atoms with Crippen molar-refractivity contribution < 1.29 is 22.7 Å². The van der Waals surface area contributed by atoms with E-state index in [0.29, 0.717) is 11.4 Å². The van der Waals surface area contributed by atoms with Crippen LogP contribution in [0, 0.1) is 0 Å². The summed E-state index contributed by atoms with van der Waals surface area (Å²) in [6.07, 6.45) is -4.47. The van der Waals surface area contributed by atoms with Gasteiger partial charge in [0.15, 0.2) is 6.61 Å². The highest BCUT2D eigenvalue weighted by atomic mass is 19.4. The van der Waals surface area contributed by atoms with Crippen LogP contribution in [0.3, 0.4) is 0 Å². The fourth-order valence-corrected chi connectivity index (χ4v) is 2.33. The molecule has 0 aromatic heterocycles. The molecule has 8 heteroatoms. The van der Waals surface area contributed by atoms with Gasteiger partial charge in [0.2, 0.25) is 0 Å². The Kier molecular flexibility index (Phi) is 6.23. The van der Waals surface area contributed by atoms with E-state index in [9.17, 15) is 18.0 Å². The average Bonchev–Trinajstić information content (AvgIpc) is 2.72. The molecule has 0 unspecified atom stereocenters. The van der Waals surface area contributed by atoms with Gasteiger partial charge in [-0.25, -0.2) is 0 Å². The fraction of sp³-hybridized carbons (Fsp3) is 0.0952. The van der Waals surface area contributed by atoms with Gasteiger partial charge in [-0.2, -0.15) is 23.4 Å². The Balaban J connectivity index is 1.53. The smallest absolute Gasteiger partial charge is 0.416 e. The molecule has 0 fully saturated rings. The summed E-state index contributed by atoms with van der Waals surface area (Å²) in [6.45, 7) is -0.420. The van der Waals surface area contributed by atoms with Gasteiger partial charge < -0.3 is 10.1 Å². The predicted molar refractivity (Wildman–Crippen MR) is 103 cm³/mol. The van der Waals surface area contributed by atoms with E-state index in [1.54, 1.807) is 24.3 Å². The zero-order valence-corrected chi connectivity index (χ0v) is 15.1. The maximum atomic E-state index is 12.7. The summed E-state index contributed by atoms with van der Waals surface area (Å²) >= 11 is 0. The van der Waals surface area contributed by atoms with Crippen molar-refractivity contribution in [3.8, 4) is 5.75 Å². The Hall–Kier alpha value is -3.68. The van der Waals surface area contributed by atoms with Crippen LogP contribution in [-0.4, -0.2) is 12.5 Å². The van der Waals surface area contributed by atoms with Crippen molar-refractivity contribution in [1.29, 1.82) is 0 Å². The highest BCUT2D eigenvalue weighted by Crippen LogP contribution is 2.31. The van der Waals surface area contributed by atoms with Crippen molar-refractivity contribution in [3.63, 3.8) is 0 Å². The van der Waals surface area contributed by atoms with Crippen LogP contribution in [0.2, 0.25) is 0 Å². The zero-order chi connectivity index (χ0) is 20.7. The monoisotopic (exact) mass is 399 g/mol. The molecule has 0 saturated carbocycles. The molecule has 1 amide bonds. The van der Waals surface area contributed by atoms with Crippen molar-refractivity contribution in [3.05, 3.63) is 84.4 Å². The third-order valence-electron chi connectivity index (χ3n) is 3.72. The Morgan fingerprint density at radius 2 is 1.52 bits per heavy atom. The molecule has 3 aromatic carbocycles. The molecule has 3 rings (SSSR count). The molecule has 148 valence electrons. The van der Waals surface area contributed by atoms with Gasteiger partial charge in [-0.15, -0.1) is 0 Å². The molecule has 0 aliphatic rings. The number of halogens is 3. The number of benzene rings is 3. The number of ether oxygens (including phenoxy) is 1. The minimum absolute atomic E-state index is 0.0355. The fourth-order valence-electron chi connectivity index (χ4n) is 2.33. The highest BCUT2D eigenvalue weighted by molar-refractivity contribution is 5.92. The van der Waals surface area contributed by atoms with E-state index in [1.807, 2.05) is 30.3 Å². The van der Waals surface area contributed by atoms with E-state index in [0.717, 1.165) is 17.8 Å². The number of hydrogen-bond acceptors (Lipinski definition) is 4. The number of amides is 1. The second kappa shape index (κ2) is 9.01. The second-order valence-corrected chi connectivity index (χ2v) is 5.94. The van der Waals surface area contributed by atoms with Gasteiger partial charge in [0.25, 0.3) is 5.91 Å². The summed E-state index contributed by atoms with van der Waals surface area (Å²) in [5.41, 5.74) is 0.987. The van der Waals surface area contributed by atoms with Crippen LogP contribution >= 0.6 is 0 Å². The van der Waals surface area contributed by atoms with E-state index < -0.39 is 24.3 Å². The molecular weight excluding hydrogens is 383 g/mol. The molecule has 3 aromatic rings. The third-order valence-corrected chi connectivity index (χ3v) is 3.72. The average molecular weight is 399 g/mol. The Morgan fingerprint density at radius 1 is 0.862 bits per heavy atom. The maximum absolute atomic E-state index is 12.7. The van der Waals surface area contributed by atoms with Crippen molar-refractivity contribution >= 4 is 23.0 Å². The Morgan fingerprint density at radius 3 is 2.17 bits per heavy atom. The number of azo groups is 1. The van der Waals surface area contributed by atoms with Crippen molar-refractivity contribution in [2.45, 2.75) is 6.18 Å². The van der Waals surface area contributed by atoms with Crippen molar-refractivity contribution in [1.82, 2.24) is 0 Å². The zero-order valence-electron chi connectivity index (χ0n) is 15.1. The quantitative estimate of drug-likeness (QED) is 0.506. The standard InChI is InChI=1S/C21H16F3N3O2/c22-21(23,24)15-5-4-8-19(13-15)29-14-20(28)25-16-9-11-18(12-10-16)27-26-17-6-2-1-3-7-17/h1-13H,14H2,(H,25,28). The van der Waals surface area contributed by atoms with Crippen LogP contribution < -0.4 is 10.1 Å². The molecule has 5 nitrogen and oxygen atoms in total. The molecule has 0 bridgehead atoms. The summed E-state index contributed by atoms with van der Waals surface area (Å²) in [6, 6.07) is 20.2. The van der Waals surface area contributed by atoms with Gasteiger partial charge in [0.05, 0.1) is 16.9 Å². The van der Waals surface area contributed by atoms with Crippen LogP contribution in [0.5, 0.6) is 5.75 Å². The first-order chi connectivity index (χ1) is 13.9. The number of anilines is 1. The maximum Gasteiger partial charge on any atom is 0.416 e. The highest BCUT2D eigenvalue weighted by Gasteiger charge is 2.30. The van der Waals surface area contributed by atoms with Gasteiger partial charge >= 0.3 is 6.18 Å². The first-order valence-electron chi connectivity index (χ1n) is 8.57. The normalized spacial score (nSPS) is 11.4. The lowest BCUT2D eigenvalue weighted by Gasteiger charge is -2.10. The van der Waals surface area contributed by atoms with E-state index >= 15 is 0 Å². The summed E-state index contributed by atoms with van der Waals surface area (Å²) in [5, 5.41) is 10.8. The largest absolute Gasteiger partial charge is 0.484 e. The number of carbonyl (C=O) groups is 1. The number of nitrogens with one attached hydrogen (secondary N) is 1. The lowest BCUT2D eigenvalue weighted by atomic mass is 10.2. The van der Waals surface area contributed by atoms with Crippen LogP contribution in [0.4, 0.5) is 30.2 Å². The van der Waals surface area contributed by atoms with Crippen LogP contribution in [-0.2, 0) is 11.0 Å². The van der Waals surface area contributed by atoms with Crippen molar-refractivity contribution in [2.75, 3.05) is 11.9 Å². The van der Waals surface area contributed by atoms with Gasteiger partial charge in [-0.05, 0) is 54.6 Å². The van der Waals surface area contributed by atoms with E-state index in [1.165, 1.54) is 12.1 Å². The van der Waals surface area contributed by atoms with Crippen LogP contribution in [0.15, 0.2) is 89.1 Å². The topological polar surface area (TPSA) is 63.0 Å². The molecule has 0 saturated heterocycles. The summed E-state index contributed by atoms with van der Waals surface area (Å²) < 4.78 is 43.2. The number of rotatable bonds is 6. The molecular formula is C21H16F3N3O2. The summed E-state index contributed by atoms with van der Waals surface area (Å²) in [4.78, 5) is 12.0. The molecule has 29 heavy (non-hydrogen) atoms. The third kappa shape index (κ3) is 6.17. The van der Waals surface area contributed by atoms with Gasteiger partial charge in [-0.3, -0.25) is 4.79 Å². The predicted octanol–water partition coefficient (Wildman–Crippen LogP) is 6.14. The Labute approximate surface area is 164 Å². The van der Waals surface area contributed by atoms with E-state index in [2.05, 4.69) is 15.5 Å². The SMILES string of the molecule is O=C(COc1cccc(C(F)(F)F)c1)Nc1ccc(N=Nc2ccccc2)cc1. The molecule has 0 spiro atoms. The van der Waals surface area contributed by atoms with Crippen LogP contribution in [0.25, 0.3) is 0 Å². The van der Waals surface area contributed by atoms with E-state index in [-0.39, 0.29) is 5.75 Å². The lowest BCUT2D eigenvalue weighted by Crippen LogP contribution is -2.20. The first-order valence-corrected chi connectivity index (χ1v) is 8.57. The Bertz CT molecular complexity index is 988. The number of hydrogen-bond donors (Lipinski definition) is 1. The molecule has 0 heterocycles. The van der Waals surface area contributed by atoms with Crippen LogP contribution in [0.1, 0.15) is 5.56 Å². The van der Waals surface area contributed by atoms with Crippen molar-refractivity contribution in [2.24, 2.45) is 10.2 Å². The molecule has 0 radical (unpaired) electrons. The van der Waals surface area contributed by atoms with Gasteiger partial charge in [0.1, 0.15) is 5.75 Å². The molecule has 1 N–H and O–H groups in total. The number of carbonyl (C=O) groups excluding carboxylic acids is 1. The molecule has 0 atom stereocenters. The number of nitrogens with zero attached hydrogens (tertiary/aromatic N) is 2. The lowest BCUT2D eigenvalue weighted by molar-refractivity contribution is -0.137. The summed E-state index contributed by atoms with van der Waals surface area (Å²) in [5.74, 6) is -0.535. The summed E-state index contributed by atoms with van der Waals surface area (Å²) in [7, 11) is 0. The van der Waals surface area contributed by atoms with Gasteiger partial charge in [-0.1, -0.05) is 24.3 Å². The molecule has 0 aliphatic heterocycles. The minimum atomic E-state index is -4.47. The van der Waals surface area contributed by atoms with Gasteiger partial charge in [0, 0.05) is 5.69 Å². The number of alkyl halides is 3. The molecule has 0 aliphatic carbocycles. The van der Waals surface area contributed by atoms with E-state index in [4.69, 9.17) is 4.74 Å².